The predicted octanol–water partition coefficient (Wildman–Crippen LogP) is 2.89. The Balaban J connectivity index is 2.00. The van der Waals surface area contributed by atoms with Crippen molar-refractivity contribution >= 4 is 17.3 Å². The summed E-state index contributed by atoms with van der Waals surface area (Å²) in [6, 6.07) is 11.2. The first kappa shape index (κ1) is 15.6. The Bertz CT molecular complexity index is 662. The summed E-state index contributed by atoms with van der Waals surface area (Å²) in [5.74, 6) is 0.377. The molecule has 0 aromatic heterocycles. The summed E-state index contributed by atoms with van der Waals surface area (Å²) in [5, 5.41) is 5.44. The predicted molar refractivity (Wildman–Crippen MR) is 83.1 cm³/mol. The van der Waals surface area contributed by atoms with Crippen LogP contribution in [-0.2, 0) is 4.79 Å². The molecule has 0 spiro atoms. The molecule has 116 valence electrons. The Morgan fingerprint density at radius 2 is 1.86 bits per heavy atom. The van der Waals surface area contributed by atoms with Gasteiger partial charge in [-0.2, -0.15) is 0 Å². The van der Waals surface area contributed by atoms with Crippen molar-refractivity contribution in [3.8, 4) is 11.5 Å². The van der Waals surface area contributed by atoms with Gasteiger partial charge in [-0.25, -0.2) is 4.39 Å². The molecule has 2 aromatic carbocycles. The van der Waals surface area contributed by atoms with Gasteiger partial charge in [0.15, 0.2) is 0 Å². The van der Waals surface area contributed by atoms with E-state index in [-0.39, 0.29) is 18.1 Å². The van der Waals surface area contributed by atoms with Gasteiger partial charge in [0.2, 0.25) is 5.91 Å². The number of anilines is 2. The van der Waals surface area contributed by atoms with Crippen LogP contribution in [0.3, 0.4) is 0 Å². The Kier molecular flexibility index (Phi) is 5.19. The van der Waals surface area contributed by atoms with E-state index >= 15 is 0 Å². The smallest absolute Gasteiger partial charge is 0.243 e. The van der Waals surface area contributed by atoms with Gasteiger partial charge in [0.05, 0.1) is 32.1 Å². The van der Waals surface area contributed by atoms with Crippen LogP contribution >= 0.6 is 0 Å². The Morgan fingerprint density at radius 3 is 2.55 bits per heavy atom. The normalized spacial score (nSPS) is 9.95. The van der Waals surface area contributed by atoms with Gasteiger partial charge in [-0.3, -0.25) is 4.79 Å². The van der Waals surface area contributed by atoms with Crippen molar-refractivity contribution in [2.75, 3.05) is 31.4 Å². The molecular formula is C16H17FN2O3. The number of carbonyl (C=O) groups is 1. The van der Waals surface area contributed by atoms with Crippen molar-refractivity contribution in [3.05, 3.63) is 48.3 Å². The first-order valence-electron chi connectivity index (χ1n) is 6.64. The molecule has 0 radical (unpaired) electrons. The van der Waals surface area contributed by atoms with Crippen molar-refractivity contribution < 1.29 is 18.7 Å². The summed E-state index contributed by atoms with van der Waals surface area (Å²) in [4.78, 5) is 11.9. The lowest BCUT2D eigenvalue weighted by Crippen LogP contribution is -2.22. The lowest BCUT2D eigenvalue weighted by molar-refractivity contribution is -0.114. The minimum atomic E-state index is -0.477. The van der Waals surface area contributed by atoms with Crippen molar-refractivity contribution in [3.63, 3.8) is 0 Å². The highest BCUT2D eigenvalue weighted by atomic mass is 19.1. The summed E-state index contributed by atoms with van der Waals surface area (Å²) >= 11 is 0. The van der Waals surface area contributed by atoms with Crippen LogP contribution in [0, 0.1) is 5.82 Å². The van der Waals surface area contributed by atoms with E-state index in [1.165, 1.54) is 19.2 Å². The quantitative estimate of drug-likeness (QED) is 0.861. The highest BCUT2D eigenvalue weighted by molar-refractivity contribution is 5.94. The maximum absolute atomic E-state index is 13.5. The van der Waals surface area contributed by atoms with Gasteiger partial charge in [-0.05, 0) is 24.3 Å². The third kappa shape index (κ3) is 3.88. The molecule has 1 amide bonds. The number of nitrogens with one attached hydrogen (secondary N) is 2. The van der Waals surface area contributed by atoms with Crippen molar-refractivity contribution in [2.45, 2.75) is 0 Å². The first-order chi connectivity index (χ1) is 10.6. The fourth-order valence-electron chi connectivity index (χ4n) is 1.88. The van der Waals surface area contributed by atoms with Crippen LogP contribution in [0.25, 0.3) is 0 Å². The molecule has 0 heterocycles. The molecule has 2 aromatic rings. The van der Waals surface area contributed by atoms with Crippen LogP contribution in [0.1, 0.15) is 0 Å². The molecule has 6 heteroatoms. The molecule has 0 fully saturated rings. The molecule has 5 nitrogen and oxygen atoms in total. The number of hydrogen-bond acceptors (Lipinski definition) is 4. The number of benzene rings is 2. The van der Waals surface area contributed by atoms with Gasteiger partial charge < -0.3 is 20.1 Å². The number of hydrogen-bond donors (Lipinski definition) is 2. The molecular weight excluding hydrogens is 287 g/mol. The summed E-state index contributed by atoms with van der Waals surface area (Å²) in [6.07, 6.45) is 0. The van der Waals surface area contributed by atoms with E-state index in [0.29, 0.717) is 17.2 Å². The van der Waals surface area contributed by atoms with Crippen molar-refractivity contribution in [2.24, 2.45) is 0 Å². The SMILES string of the molecule is COc1ccc(OC)c(NCC(=O)Nc2ccccc2F)c1. The highest BCUT2D eigenvalue weighted by Gasteiger charge is 2.09. The molecule has 0 saturated heterocycles. The first-order valence-corrected chi connectivity index (χ1v) is 6.64. The number of methoxy groups -OCH3 is 2. The van der Waals surface area contributed by atoms with E-state index in [2.05, 4.69) is 10.6 Å². The molecule has 0 aliphatic heterocycles. The van der Waals surface area contributed by atoms with E-state index in [1.807, 2.05) is 0 Å². The summed E-state index contributed by atoms with van der Waals surface area (Å²) in [5.41, 5.74) is 0.762. The number of ether oxygens (including phenoxy) is 2. The topological polar surface area (TPSA) is 59.6 Å². The molecule has 0 aliphatic rings. The molecule has 0 saturated carbocycles. The molecule has 0 bridgehead atoms. The maximum atomic E-state index is 13.5. The van der Waals surface area contributed by atoms with E-state index in [0.717, 1.165) is 0 Å². The zero-order valence-corrected chi connectivity index (χ0v) is 12.4. The zero-order chi connectivity index (χ0) is 15.9. The van der Waals surface area contributed by atoms with Crippen molar-refractivity contribution in [1.82, 2.24) is 0 Å². The minimum Gasteiger partial charge on any atom is -0.497 e. The van der Waals surface area contributed by atoms with Crippen LogP contribution in [-0.4, -0.2) is 26.7 Å². The largest absolute Gasteiger partial charge is 0.497 e. The lowest BCUT2D eigenvalue weighted by atomic mass is 10.2. The van der Waals surface area contributed by atoms with Crippen LogP contribution in [0.4, 0.5) is 15.8 Å². The van der Waals surface area contributed by atoms with Gasteiger partial charge >= 0.3 is 0 Å². The van der Waals surface area contributed by atoms with Crippen LogP contribution in [0.2, 0.25) is 0 Å². The van der Waals surface area contributed by atoms with E-state index in [1.54, 1.807) is 37.4 Å². The van der Waals surface area contributed by atoms with E-state index < -0.39 is 5.82 Å². The molecule has 0 atom stereocenters. The second-order valence-corrected chi connectivity index (χ2v) is 4.45. The lowest BCUT2D eigenvalue weighted by Gasteiger charge is -2.13. The third-order valence-corrected chi connectivity index (χ3v) is 2.99. The van der Waals surface area contributed by atoms with Crippen molar-refractivity contribution in [1.29, 1.82) is 0 Å². The van der Waals surface area contributed by atoms with Gasteiger partial charge in [-0.1, -0.05) is 12.1 Å². The van der Waals surface area contributed by atoms with Gasteiger partial charge in [0.25, 0.3) is 0 Å². The number of halogens is 1. The average Bonchev–Trinajstić information content (AvgIpc) is 2.54. The van der Waals surface area contributed by atoms with Crippen LogP contribution in [0.5, 0.6) is 11.5 Å². The Morgan fingerprint density at radius 1 is 1.09 bits per heavy atom. The van der Waals surface area contributed by atoms with E-state index in [4.69, 9.17) is 9.47 Å². The molecule has 2 rings (SSSR count). The Hall–Kier alpha value is -2.76. The summed E-state index contributed by atoms with van der Waals surface area (Å²) in [7, 11) is 3.09. The third-order valence-electron chi connectivity index (χ3n) is 2.99. The van der Waals surface area contributed by atoms with Gasteiger partial charge in [-0.15, -0.1) is 0 Å². The molecule has 22 heavy (non-hydrogen) atoms. The van der Waals surface area contributed by atoms with Crippen LogP contribution < -0.4 is 20.1 Å². The molecule has 0 aliphatic carbocycles. The van der Waals surface area contributed by atoms with Gasteiger partial charge in [0.1, 0.15) is 17.3 Å². The number of carbonyl (C=O) groups excluding carboxylic acids is 1. The van der Waals surface area contributed by atoms with Gasteiger partial charge in [0, 0.05) is 6.07 Å². The fourth-order valence-corrected chi connectivity index (χ4v) is 1.88. The molecule has 0 unspecified atom stereocenters. The number of rotatable bonds is 6. The monoisotopic (exact) mass is 304 g/mol. The molecule has 2 N–H and O–H groups in total. The Labute approximate surface area is 128 Å². The maximum Gasteiger partial charge on any atom is 0.243 e. The second kappa shape index (κ2) is 7.31. The minimum absolute atomic E-state index is 0.0299. The second-order valence-electron chi connectivity index (χ2n) is 4.45. The summed E-state index contributed by atoms with van der Waals surface area (Å²) < 4.78 is 23.8. The fraction of sp³-hybridized carbons (Fsp3) is 0.188. The van der Waals surface area contributed by atoms with Crippen LogP contribution in [0.15, 0.2) is 42.5 Å². The van der Waals surface area contributed by atoms with E-state index in [9.17, 15) is 9.18 Å². The standard InChI is InChI=1S/C16H17FN2O3/c1-21-11-7-8-15(22-2)14(9-11)18-10-16(20)19-13-6-4-3-5-12(13)17/h3-9,18H,10H2,1-2H3,(H,19,20). The summed E-state index contributed by atoms with van der Waals surface area (Å²) in [6.45, 7) is -0.0299. The highest BCUT2D eigenvalue weighted by Crippen LogP contribution is 2.28. The zero-order valence-electron chi connectivity index (χ0n) is 12.4. The number of para-hydroxylation sites is 1. The number of amides is 1. The average molecular weight is 304 g/mol.